The van der Waals surface area contributed by atoms with E-state index < -0.39 is 0 Å². The molecular weight excluding hydrogens is 262 g/mol. The van der Waals surface area contributed by atoms with Crippen LogP contribution >= 0.6 is 0 Å². The van der Waals surface area contributed by atoms with Crippen molar-refractivity contribution in [2.75, 3.05) is 7.11 Å². The summed E-state index contributed by atoms with van der Waals surface area (Å²) in [7, 11) is 1.51. The molecule has 2 aliphatic carbocycles. The number of hydrogen-bond acceptors (Lipinski definition) is 3. The molecule has 0 radical (unpaired) electrons. The van der Waals surface area contributed by atoms with E-state index in [1.165, 1.54) is 31.9 Å². The van der Waals surface area contributed by atoms with Crippen molar-refractivity contribution in [1.82, 2.24) is 5.32 Å². The molecule has 1 N–H and O–H groups in total. The number of fused-ring (bicyclic) bond motifs is 2. The predicted octanol–water partition coefficient (Wildman–Crippen LogP) is 3.14. The van der Waals surface area contributed by atoms with Crippen molar-refractivity contribution in [1.29, 1.82) is 0 Å². The van der Waals surface area contributed by atoms with Crippen molar-refractivity contribution in [2.24, 2.45) is 17.8 Å². The fraction of sp³-hybridized carbons (Fsp3) is 0.611. The number of carbonyl (C=O) groups excluding carboxylic acids is 1. The van der Waals surface area contributed by atoms with Crippen LogP contribution in [-0.4, -0.2) is 19.1 Å². The highest BCUT2D eigenvalue weighted by Crippen LogP contribution is 2.43. The monoisotopic (exact) mass is 287 g/mol. The van der Waals surface area contributed by atoms with Crippen molar-refractivity contribution >= 4 is 5.97 Å². The summed E-state index contributed by atoms with van der Waals surface area (Å²) in [5.74, 6) is 1.38. The minimum Gasteiger partial charge on any atom is -0.469 e. The molecule has 0 aromatic heterocycles. The summed E-state index contributed by atoms with van der Waals surface area (Å²) in [4.78, 5) is 11.8. The Bertz CT molecular complexity index is 459. The Kier molecular flexibility index (Phi) is 4.59. The van der Waals surface area contributed by atoms with E-state index in [2.05, 4.69) is 35.6 Å². The van der Waals surface area contributed by atoms with E-state index in [-0.39, 0.29) is 11.9 Å². The Balaban J connectivity index is 1.62. The van der Waals surface area contributed by atoms with Crippen LogP contribution in [0.25, 0.3) is 0 Å². The first-order chi connectivity index (χ1) is 10.3. The zero-order valence-corrected chi connectivity index (χ0v) is 12.8. The van der Waals surface area contributed by atoms with Crippen LogP contribution in [0, 0.1) is 17.8 Å². The van der Waals surface area contributed by atoms with Gasteiger partial charge in [0.15, 0.2) is 0 Å². The van der Waals surface area contributed by atoms with Gasteiger partial charge in [-0.15, -0.1) is 0 Å². The van der Waals surface area contributed by atoms with E-state index in [1.54, 1.807) is 0 Å². The van der Waals surface area contributed by atoms with Crippen molar-refractivity contribution in [3.05, 3.63) is 35.9 Å². The molecule has 2 fully saturated rings. The Labute approximate surface area is 127 Å². The summed E-state index contributed by atoms with van der Waals surface area (Å²) in [6, 6.07) is 11.1. The Morgan fingerprint density at radius 1 is 1.19 bits per heavy atom. The van der Waals surface area contributed by atoms with Crippen LogP contribution in [0.4, 0.5) is 0 Å². The van der Waals surface area contributed by atoms with Crippen molar-refractivity contribution in [3.63, 3.8) is 0 Å². The number of ether oxygens (including phenoxy) is 1. The highest BCUT2D eigenvalue weighted by molar-refractivity contribution is 5.72. The standard InChI is InChI=1S/C18H25NO2/c1-21-18(20)16-10-14-8-5-9-15(11-16)17(14)19-12-13-6-3-2-4-7-13/h2-4,6-7,14-17,19H,5,8-12H2,1H3/t14-,15+,16?,17?. The second-order valence-corrected chi connectivity index (χ2v) is 6.53. The minimum absolute atomic E-state index is 0.00610. The number of hydrogen-bond donors (Lipinski definition) is 1. The van der Waals surface area contributed by atoms with Crippen LogP contribution in [0.3, 0.4) is 0 Å². The van der Waals surface area contributed by atoms with E-state index in [9.17, 15) is 4.79 Å². The summed E-state index contributed by atoms with van der Waals surface area (Å²) in [5, 5.41) is 3.77. The summed E-state index contributed by atoms with van der Waals surface area (Å²) < 4.78 is 4.96. The van der Waals surface area contributed by atoms with Gasteiger partial charge in [0.1, 0.15) is 0 Å². The van der Waals surface area contributed by atoms with Crippen LogP contribution < -0.4 is 5.32 Å². The van der Waals surface area contributed by atoms with Gasteiger partial charge >= 0.3 is 5.97 Å². The van der Waals surface area contributed by atoms with Crippen LogP contribution in [0.5, 0.6) is 0 Å². The molecule has 21 heavy (non-hydrogen) atoms. The molecule has 3 nitrogen and oxygen atoms in total. The lowest BCUT2D eigenvalue weighted by molar-refractivity contribution is -0.148. The summed E-state index contributed by atoms with van der Waals surface area (Å²) >= 11 is 0. The first-order valence-corrected chi connectivity index (χ1v) is 8.13. The fourth-order valence-corrected chi connectivity index (χ4v) is 4.27. The largest absolute Gasteiger partial charge is 0.469 e. The molecule has 3 heteroatoms. The number of benzene rings is 1. The molecule has 0 saturated heterocycles. The van der Waals surface area contributed by atoms with Crippen molar-refractivity contribution in [2.45, 2.75) is 44.7 Å². The molecule has 1 aromatic carbocycles. The van der Waals surface area contributed by atoms with Crippen LogP contribution in [0.1, 0.15) is 37.7 Å². The van der Waals surface area contributed by atoms with Gasteiger partial charge in [0, 0.05) is 12.6 Å². The molecule has 0 amide bonds. The summed E-state index contributed by atoms with van der Waals surface area (Å²) in [5.41, 5.74) is 1.34. The lowest BCUT2D eigenvalue weighted by Crippen LogP contribution is -2.50. The van der Waals surface area contributed by atoms with E-state index in [1.807, 2.05) is 0 Å². The number of methoxy groups -OCH3 is 1. The molecule has 4 atom stereocenters. The second kappa shape index (κ2) is 6.61. The van der Waals surface area contributed by atoms with Crippen LogP contribution in [0.2, 0.25) is 0 Å². The van der Waals surface area contributed by atoms with Crippen molar-refractivity contribution in [3.8, 4) is 0 Å². The first-order valence-electron chi connectivity index (χ1n) is 8.13. The van der Waals surface area contributed by atoms with Gasteiger partial charge in [-0.1, -0.05) is 36.8 Å². The van der Waals surface area contributed by atoms with E-state index in [4.69, 9.17) is 4.74 Å². The van der Waals surface area contributed by atoms with Gasteiger partial charge < -0.3 is 10.1 Å². The van der Waals surface area contributed by atoms with Crippen molar-refractivity contribution < 1.29 is 9.53 Å². The predicted molar refractivity (Wildman–Crippen MR) is 82.6 cm³/mol. The van der Waals surface area contributed by atoms with Crippen LogP contribution in [0.15, 0.2) is 30.3 Å². The van der Waals surface area contributed by atoms with Gasteiger partial charge in [0.2, 0.25) is 0 Å². The normalized spacial score (nSPS) is 31.7. The van der Waals surface area contributed by atoms with Gasteiger partial charge in [-0.05, 0) is 43.1 Å². The maximum Gasteiger partial charge on any atom is 0.308 e. The molecular formula is C18H25NO2. The molecule has 2 saturated carbocycles. The molecule has 2 unspecified atom stereocenters. The lowest BCUT2D eigenvalue weighted by Gasteiger charge is -2.45. The maximum absolute atomic E-state index is 11.8. The third-order valence-electron chi connectivity index (χ3n) is 5.26. The summed E-state index contributed by atoms with van der Waals surface area (Å²) in [6.07, 6.45) is 5.80. The fourth-order valence-electron chi connectivity index (χ4n) is 4.27. The third-order valence-corrected chi connectivity index (χ3v) is 5.26. The zero-order chi connectivity index (χ0) is 14.7. The molecule has 2 bridgehead atoms. The molecule has 1 aromatic rings. The maximum atomic E-state index is 11.8. The highest BCUT2D eigenvalue weighted by Gasteiger charge is 2.42. The molecule has 114 valence electrons. The molecule has 2 aliphatic rings. The van der Waals surface area contributed by atoms with Gasteiger partial charge in [-0.25, -0.2) is 0 Å². The quantitative estimate of drug-likeness (QED) is 0.865. The van der Waals surface area contributed by atoms with E-state index in [0.717, 1.165) is 19.4 Å². The van der Waals surface area contributed by atoms with Gasteiger partial charge in [-0.2, -0.15) is 0 Å². The molecule has 0 aliphatic heterocycles. The second-order valence-electron chi connectivity index (χ2n) is 6.53. The van der Waals surface area contributed by atoms with Crippen LogP contribution in [-0.2, 0) is 16.1 Å². The summed E-state index contributed by atoms with van der Waals surface area (Å²) in [6.45, 7) is 0.932. The van der Waals surface area contributed by atoms with Gasteiger partial charge in [-0.3, -0.25) is 4.79 Å². The van der Waals surface area contributed by atoms with Gasteiger partial charge in [0.05, 0.1) is 13.0 Å². The molecule has 3 rings (SSSR count). The van der Waals surface area contributed by atoms with E-state index in [0.29, 0.717) is 17.9 Å². The first kappa shape index (κ1) is 14.6. The lowest BCUT2D eigenvalue weighted by atomic mass is 9.64. The SMILES string of the molecule is COC(=O)C1C[C@H]2CCC[C@@H](C1)C2NCc1ccccc1. The average Bonchev–Trinajstić information content (AvgIpc) is 2.52. The average molecular weight is 287 g/mol. The topological polar surface area (TPSA) is 38.3 Å². The Morgan fingerprint density at radius 2 is 1.86 bits per heavy atom. The minimum atomic E-state index is -0.00610. The third kappa shape index (κ3) is 3.29. The molecule has 0 heterocycles. The number of rotatable bonds is 4. The zero-order valence-electron chi connectivity index (χ0n) is 12.8. The highest BCUT2D eigenvalue weighted by atomic mass is 16.5. The molecule has 0 spiro atoms. The number of nitrogens with one attached hydrogen (secondary N) is 1. The number of carbonyl (C=O) groups is 1. The Hall–Kier alpha value is -1.35. The van der Waals surface area contributed by atoms with Gasteiger partial charge in [0.25, 0.3) is 0 Å². The van der Waals surface area contributed by atoms with E-state index >= 15 is 0 Å². The smallest absolute Gasteiger partial charge is 0.308 e. The Morgan fingerprint density at radius 3 is 2.48 bits per heavy atom. The number of esters is 1.